The Morgan fingerprint density at radius 1 is 1.20 bits per heavy atom. The van der Waals surface area contributed by atoms with Crippen LogP contribution in [-0.2, 0) is 0 Å². The summed E-state index contributed by atoms with van der Waals surface area (Å²) in [6, 6.07) is 11.4. The molecule has 0 saturated carbocycles. The van der Waals surface area contributed by atoms with Crippen LogP contribution < -0.4 is 0 Å². The summed E-state index contributed by atoms with van der Waals surface area (Å²) in [4.78, 5) is 12.5. The van der Waals surface area contributed by atoms with Crippen LogP contribution in [0.2, 0.25) is 4.34 Å². The monoisotopic (exact) mass is 236 g/mol. The highest BCUT2D eigenvalue weighted by Crippen LogP contribution is 2.33. The van der Waals surface area contributed by atoms with Crippen molar-refractivity contribution in [1.29, 1.82) is 0 Å². The fourth-order valence-corrected chi connectivity index (χ4v) is 2.55. The molecule has 1 aromatic carbocycles. The summed E-state index contributed by atoms with van der Waals surface area (Å²) in [5.74, 6) is 0.0788. The lowest BCUT2D eigenvalue weighted by atomic mass is 10.0. The molecular weight excluding hydrogens is 228 g/mol. The van der Waals surface area contributed by atoms with E-state index in [-0.39, 0.29) is 5.78 Å². The molecule has 0 bridgehead atoms. The Morgan fingerprint density at radius 2 is 1.93 bits per heavy atom. The lowest BCUT2D eigenvalue weighted by Crippen LogP contribution is -1.94. The van der Waals surface area contributed by atoms with Gasteiger partial charge < -0.3 is 0 Å². The van der Waals surface area contributed by atoms with Crippen LogP contribution >= 0.6 is 22.9 Å². The molecule has 1 nitrogen and oxygen atoms in total. The van der Waals surface area contributed by atoms with Crippen LogP contribution in [0.3, 0.4) is 0 Å². The normalized spacial score (nSPS) is 10.3. The van der Waals surface area contributed by atoms with E-state index in [1.807, 2.05) is 36.4 Å². The standard InChI is InChI=1S/C12H9ClOS/c1-8(14)9-4-2-3-5-10(9)11-6-7-12(13)15-11/h2-7H,1H3. The molecular formula is C12H9ClOS. The Labute approximate surface area is 97.3 Å². The van der Waals surface area contributed by atoms with Gasteiger partial charge in [0, 0.05) is 16.0 Å². The zero-order chi connectivity index (χ0) is 10.8. The number of hydrogen-bond acceptors (Lipinski definition) is 2. The van der Waals surface area contributed by atoms with Crippen LogP contribution in [0.25, 0.3) is 10.4 Å². The molecule has 3 heteroatoms. The van der Waals surface area contributed by atoms with E-state index >= 15 is 0 Å². The van der Waals surface area contributed by atoms with Gasteiger partial charge in [0.05, 0.1) is 4.34 Å². The number of carbonyl (C=O) groups is 1. The molecule has 0 aliphatic heterocycles. The van der Waals surface area contributed by atoms with Gasteiger partial charge in [0.15, 0.2) is 5.78 Å². The number of hydrogen-bond donors (Lipinski definition) is 0. The number of halogens is 1. The van der Waals surface area contributed by atoms with E-state index in [4.69, 9.17) is 11.6 Å². The van der Waals surface area contributed by atoms with Gasteiger partial charge in [-0.2, -0.15) is 0 Å². The quantitative estimate of drug-likeness (QED) is 0.712. The smallest absolute Gasteiger partial charge is 0.160 e. The van der Waals surface area contributed by atoms with Crippen molar-refractivity contribution in [3.63, 3.8) is 0 Å². The number of ketones is 1. The first-order valence-electron chi connectivity index (χ1n) is 4.54. The van der Waals surface area contributed by atoms with Gasteiger partial charge >= 0.3 is 0 Å². The van der Waals surface area contributed by atoms with E-state index in [1.165, 1.54) is 11.3 Å². The van der Waals surface area contributed by atoms with E-state index in [2.05, 4.69) is 0 Å². The minimum atomic E-state index is 0.0788. The van der Waals surface area contributed by atoms with Crippen molar-refractivity contribution in [2.75, 3.05) is 0 Å². The van der Waals surface area contributed by atoms with Crippen LogP contribution in [-0.4, -0.2) is 5.78 Å². The molecule has 0 atom stereocenters. The topological polar surface area (TPSA) is 17.1 Å². The number of carbonyl (C=O) groups excluding carboxylic acids is 1. The molecule has 0 saturated heterocycles. The molecule has 0 radical (unpaired) electrons. The maximum Gasteiger partial charge on any atom is 0.160 e. The molecule has 2 rings (SSSR count). The number of Topliss-reactive ketones (excluding diaryl/α,β-unsaturated/α-hetero) is 1. The van der Waals surface area contributed by atoms with Crippen LogP contribution in [0.1, 0.15) is 17.3 Å². The Balaban J connectivity index is 2.57. The van der Waals surface area contributed by atoms with Gasteiger partial charge in [-0.25, -0.2) is 0 Å². The summed E-state index contributed by atoms with van der Waals surface area (Å²) in [6.45, 7) is 1.58. The molecule has 0 fully saturated rings. The summed E-state index contributed by atoms with van der Waals surface area (Å²) in [5.41, 5.74) is 1.71. The Morgan fingerprint density at radius 3 is 2.53 bits per heavy atom. The highest BCUT2D eigenvalue weighted by atomic mass is 35.5. The van der Waals surface area contributed by atoms with Crippen LogP contribution in [0.5, 0.6) is 0 Å². The average Bonchev–Trinajstić information content (AvgIpc) is 2.65. The second-order valence-electron chi connectivity index (χ2n) is 3.21. The summed E-state index contributed by atoms with van der Waals surface area (Å²) < 4.78 is 0.739. The summed E-state index contributed by atoms with van der Waals surface area (Å²) in [6.07, 6.45) is 0. The molecule has 2 aromatic rings. The van der Waals surface area contributed by atoms with Gasteiger partial charge in [-0.3, -0.25) is 4.79 Å². The molecule has 0 amide bonds. The van der Waals surface area contributed by atoms with Crippen LogP contribution in [0, 0.1) is 0 Å². The predicted molar refractivity (Wildman–Crippen MR) is 64.8 cm³/mol. The van der Waals surface area contributed by atoms with E-state index < -0.39 is 0 Å². The van der Waals surface area contributed by atoms with Crippen molar-refractivity contribution in [2.45, 2.75) is 6.92 Å². The maximum absolute atomic E-state index is 11.4. The summed E-state index contributed by atoms with van der Waals surface area (Å²) in [5, 5.41) is 0. The molecule has 0 unspecified atom stereocenters. The second-order valence-corrected chi connectivity index (χ2v) is 4.92. The van der Waals surface area contributed by atoms with E-state index in [1.54, 1.807) is 6.92 Å². The zero-order valence-electron chi connectivity index (χ0n) is 8.16. The number of thiophene rings is 1. The highest BCUT2D eigenvalue weighted by molar-refractivity contribution is 7.19. The maximum atomic E-state index is 11.4. The van der Waals surface area contributed by atoms with Crippen molar-refractivity contribution in [3.05, 3.63) is 46.3 Å². The van der Waals surface area contributed by atoms with Gasteiger partial charge in [0.1, 0.15) is 0 Å². The molecule has 1 heterocycles. The number of benzene rings is 1. The average molecular weight is 237 g/mol. The Hall–Kier alpha value is -1.12. The second kappa shape index (κ2) is 4.17. The minimum Gasteiger partial charge on any atom is -0.294 e. The first-order chi connectivity index (χ1) is 7.18. The Kier molecular flexibility index (Phi) is 2.89. The highest BCUT2D eigenvalue weighted by Gasteiger charge is 2.09. The van der Waals surface area contributed by atoms with Crippen LogP contribution in [0.15, 0.2) is 36.4 Å². The van der Waals surface area contributed by atoms with Crippen molar-refractivity contribution in [3.8, 4) is 10.4 Å². The SMILES string of the molecule is CC(=O)c1ccccc1-c1ccc(Cl)s1. The van der Waals surface area contributed by atoms with Gasteiger partial charge in [0.2, 0.25) is 0 Å². The van der Waals surface area contributed by atoms with E-state index in [0.717, 1.165) is 20.3 Å². The first kappa shape index (κ1) is 10.4. The molecule has 76 valence electrons. The zero-order valence-corrected chi connectivity index (χ0v) is 9.73. The third-order valence-electron chi connectivity index (χ3n) is 2.15. The predicted octanol–water partition coefficient (Wildman–Crippen LogP) is 4.27. The molecule has 1 aromatic heterocycles. The molecule has 0 spiro atoms. The van der Waals surface area contributed by atoms with Crippen LogP contribution in [0.4, 0.5) is 0 Å². The number of rotatable bonds is 2. The van der Waals surface area contributed by atoms with Crippen molar-refractivity contribution in [1.82, 2.24) is 0 Å². The molecule has 15 heavy (non-hydrogen) atoms. The molecule has 0 aliphatic rings. The van der Waals surface area contributed by atoms with Crippen molar-refractivity contribution < 1.29 is 4.79 Å². The molecule has 0 aliphatic carbocycles. The summed E-state index contributed by atoms with van der Waals surface area (Å²) in [7, 11) is 0. The Bertz CT molecular complexity index is 502. The van der Waals surface area contributed by atoms with Crippen molar-refractivity contribution in [2.24, 2.45) is 0 Å². The lowest BCUT2D eigenvalue weighted by molar-refractivity contribution is 0.101. The summed E-state index contributed by atoms with van der Waals surface area (Å²) >= 11 is 7.36. The third-order valence-corrected chi connectivity index (χ3v) is 3.41. The van der Waals surface area contributed by atoms with Gasteiger partial charge in [-0.05, 0) is 19.1 Å². The fraction of sp³-hybridized carbons (Fsp3) is 0.0833. The fourth-order valence-electron chi connectivity index (χ4n) is 1.46. The van der Waals surface area contributed by atoms with E-state index in [9.17, 15) is 4.79 Å². The van der Waals surface area contributed by atoms with E-state index in [0.29, 0.717) is 0 Å². The van der Waals surface area contributed by atoms with Gasteiger partial charge in [0.25, 0.3) is 0 Å². The van der Waals surface area contributed by atoms with Crippen molar-refractivity contribution >= 4 is 28.7 Å². The molecule has 0 N–H and O–H groups in total. The van der Waals surface area contributed by atoms with Gasteiger partial charge in [-0.15, -0.1) is 11.3 Å². The van der Waals surface area contributed by atoms with Gasteiger partial charge in [-0.1, -0.05) is 35.9 Å². The minimum absolute atomic E-state index is 0.0788. The largest absolute Gasteiger partial charge is 0.294 e. The lowest BCUT2D eigenvalue weighted by Gasteiger charge is -2.03. The first-order valence-corrected chi connectivity index (χ1v) is 5.73. The third kappa shape index (κ3) is 2.11.